The van der Waals surface area contributed by atoms with E-state index in [0.29, 0.717) is 54.5 Å². The lowest BCUT2D eigenvalue weighted by atomic mass is 9.71. The van der Waals surface area contributed by atoms with Crippen LogP contribution >= 0.6 is 30.1 Å². The van der Waals surface area contributed by atoms with Crippen molar-refractivity contribution in [1.29, 1.82) is 0 Å². The van der Waals surface area contributed by atoms with Crippen molar-refractivity contribution in [2.24, 2.45) is 10.4 Å². The van der Waals surface area contributed by atoms with E-state index in [0.717, 1.165) is 102 Å². The van der Waals surface area contributed by atoms with Crippen LogP contribution in [-0.2, 0) is 20.7 Å². The molecular formula is C56H63ClF3N10O3PS. The molecule has 0 aliphatic carbocycles. The summed E-state index contributed by atoms with van der Waals surface area (Å²) in [4.78, 5) is 40.7. The molecule has 7 heterocycles. The summed E-state index contributed by atoms with van der Waals surface area (Å²) in [6.07, 6.45) is 0.903. The van der Waals surface area contributed by atoms with Crippen LogP contribution in [0.3, 0.4) is 0 Å². The molecule has 0 unspecified atom stereocenters. The van der Waals surface area contributed by atoms with Gasteiger partial charge >= 0.3 is 6.18 Å². The first-order valence-corrected chi connectivity index (χ1v) is 29.6. The summed E-state index contributed by atoms with van der Waals surface area (Å²) in [5.41, 5.74) is 6.29. The van der Waals surface area contributed by atoms with E-state index in [-0.39, 0.29) is 41.9 Å². The Morgan fingerprint density at radius 1 is 0.880 bits per heavy atom. The fourth-order valence-corrected chi connectivity index (χ4v) is 13.4. The molecule has 0 radical (unpaired) electrons. The minimum atomic E-state index is -4.44. The van der Waals surface area contributed by atoms with Gasteiger partial charge in [-0.15, -0.1) is 21.5 Å². The van der Waals surface area contributed by atoms with Gasteiger partial charge in [-0.25, -0.2) is 0 Å². The van der Waals surface area contributed by atoms with Crippen LogP contribution in [0.1, 0.15) is 89.9 Å². The average molecular weight is 1080 g/mol. The number of amides is 2. The molecule has 394 valence electrons. The van der Waals surface area contributed by atoms with Gasteiger partial charge in [0.1, 0.15) is 30.6 Å². The van der Waals surface area contributed by atoms with E-state index in [1.54, 1.807) is 42.9 Å². The van der Waals surface area contributed by atoms with Crippen LogP contribution in [-0.4, -0.2) is 129 Å². The Balaban J connectivity index is 0.710. The first-order valence-electron chi connectivity index (χ1n) is 25.8. The molecule has 1 atom stereocenters. The molecule has 2 amide bonds. The number of aryl methyl sites for hydroxylation is 2. The van der Waals surface area contributed by atoms with E-state index in [9.17, 15) is 27.3 Å². The summed E-state index contributed by atoms with van der Waals surface area (Å²) in [6, 6.07) is 21.6. The maximum Gasteiger partial charge on any atom is 0.406 e. The predicted octanol–water partition coefficient (Wildman–Crippen LogP) is 10.2. The number of benzene rings is 3. The average Bonchev–Trinajstić information content (AvgIpc) is 4.04. The number of anilines is 2. The van der Waals surface area contributed by atoms with Crippen LogP contribution < -0.4 is 15.9 Å². The Kier molecular flexibility index (Phi) is 14.9. The molecule has 4 aliphatic rings. The molecule has 10 rings (SSSR count). The summed E-state index contributed by atoms with van der Waals surface area (Å²) < 4.78 is 57.4. The standard InChI is InChI=1S/C56H63ClF3N10O3PS/c1-36-37(2)75-54-51(36)52(39-11-13-40(57)14-12-39)63-47(53-65-64-38(3)70(53)54)33-49(71)67-28-21-55(22-29-67)23-30-68(31-24-55)50(72)34-66-26-19-42(20-27-66)62-46-9-6-10-48-45(46)32-43(69(48)35-56(58,59)60)8-7-25-61-41-15-17-44(18-16-41)74(4,5)73/h6,9-18,32,42,47,61-62H,19-31,33-35H2,1-5H3/t47-/m1/s1. The van der Waals surface area contributed by atoms with Gasteiger partial charge in [-0.2, -0.15) is 13.2 Å². The summed E-state index contributed by atoms with van der Waals surface area (Å²) in [7, 11) is -2.39. The van der Waals surface area contributed by atoms with E-state index in [4.69, 9.17) is 16.6 Å². The molecule has 1 spiro atoms. The quantitative estimate of drug-likeness (QED) is 0.0969. The first-order chi connectivity index (χ1) is 35.8. The molecular weight excluding hydrogens is 1020 g/mol. The van der Waals surface area contributed by atoms with Crippen molar-refractivity contribution in [3.05, 3.63) is 117 Å². The number of carbonyl (C=O) groups is 2. The molecule has 4 aliphatic heterocycles. The molecule has 3 aromatic carbocycles. The van der Waals surface area contributed by atoms with E-state index >= 15 is 0 Å². The van der Waals surface area contributed by atoms with Crippen LogP contribution in [0.15, 0.2) is 77.8 Å². The number of fused-ring (bicyclic) bond motifs is 4. The van der Waals surface area contributed by atoms with Crippen molar-refractivity contribution in [2.45, 2.75) is 90.5 Å². The van der Waals surface area contributed by atoms with Gasteiger partial charge < -0.3 is 29.6 Å². The van der Waals surface area contributed by atoms with Crippen molar-refractivity contribution < 1.29 is 27.3 Å². The predicted molar refractivity (Wildman–Crippen MR) is 294 cm³/mol. The number of nitrogens with zero attached hydrogens (tertiary/aromatic N) is 8. The lowest BCUT2D eigenvalue weighted by Crippen LogP contribution is -2.51. The molecule has 0 saturated carbocycles. The molecule has 0 bridgehead atoms. The lowest BCUT2D eigenvalue weighted by molar-refractivity contribution is -0.140. The fraction of sp³-hybridized carbons (Fsp3) is 0.446. The third-order valence-corrected chi connectivity index (χ3v) is 18.7. The Bertz CT molecular complexity index is 3250. The number of aliphatic imine (C=N–C) groups is 1. The maximum atomic E-state index is 14.2. The zero-order valence-corrected chi connectivity index (χ0v) is 45.5. The Labute approximate surface area is 445 Å². The van der Waals surface area contributed by atoms with Gasteiger partial charge in [0.05, 0.1) is 36.4 Å². The highest BCUT2D eigenvalue weighted by atomic mass is 35.5. The molecule has 3 fully saturated rings. The summed E-state index contributed by atoms with van der Waals surface area (Å²) >= 11 is 8.00. The molecule has 6 aromatic rings. The SMILES string of the molecule is Cc1sc2c(c1C)C(c1ccc(Cl)cc1)=N[C@H](CC(=O)N1CCC3(CC1)CCN(C(=O)CN1CCC(Nc4cccc5c4cc(C#CCNc4ccc(P(C)(C)=O)cc4)n5CC(F)(F)F)CC1)CC3)c1nnc(C)n1-2. The van der Waals surface area contributed by atoms with Crippen LogP contribution in [0.4, 0.5) is 24.5 Å². The number of alkyl halides is 3. The highest BCUT2D eigenvalue weighted by molar-refractivity contribution is 7.70. The number of rotatable bonds is 11. The smallest absolute Gasteiger partial charge is 0.382 e. The Hall–Kier alpha value is -5.92. The second kappa shape index (κ2) is 21.2. The number of nitrogens with one attached hydrogen (secondary N) is 2. The van der Waals surface area contributed by atoms with Gasteiger partial charge in [0, 0.05) is 88.4 Å². The van der Waals surface area contributed by atoms with E-state index in [1.165, 1.54) is 9.44 Å². The van der Waals surface area contributed by atoms with Gasteiger partial charge in [-0.1, -0.05) is 35.7 Å². The zero-order chi connectivity index (χ0) is 52.8. The van der Waals surface area contributed by atoms with E-state index < -0.39 is 25.9 Å². The Morgan fingerprint density at radius 2 is 1.55 bits per heavy atom. The molecule has 75 heavy (non-hydrogen) atoms. The summed E-state index contributed by atoms with van der Waals surface area (Å²) in [6.45, 7) is 13.2. The van der Waals surface area contributed by atoms with Crippen LogP contribution in [0.5, 0.6) is 0 Å². The fourth-order valence-electron chi connectivity index (χ4n) is 11.2. The molecule has 13 nitrogen and oxygen atoms in total. The summed E-state index contributed by atoms with van der Waals surface area (Å²) in [5, 5.41) is 19.0. The monoisotopic (exact) mass is 1080 g/mol. The van der Waals surface area contributed by atoms with Crippen molar-refractivity contribution >= 4 is 75.2 Å². The largest absolute Gasteiger partial charge is 0.406 e. The van der Waals surface area contributed by atoms with Gasteiger partial charge in [0.2, 0.25) is 11.8 Å². The molecule has 19 heteroatoms. The second-order valence-electron chi connectivity index (χ2n) is 21.1. The van der Waals surface area contributed by atoms with E-state index in [1.807, 2.05) is 71.3 Å². The van der Waals surface area contributed by atoms with E-state index in [2.05, 4.69) is 56.0 Å². The first kappa shape index (κ1) is 52.5. The highest BCUT2D eigenvalue weighted by Crippen LogP contribution is 2.44. The van der Waals surface area contributed by atoms with Crippen molar-refractivity contribution in [2.75, 3.05) is 76.3 Å². The third kappa shape index (κ3) is 11.5. The third-order valence-electron chi connectivity index (χ3n) is 15.8. The topological polar surface area (TPSA) is 133 Å². The number of piperidine rings is 3. The van der Waals surface area contributed by atoms with Crippen LogP contribution in [0.25, 0.3) is 15.9 Å². The molecule has 2 N–H and O–H groups in total. The maximum absolute atomic E-state index is 14.2. The molecule has 3 saturated heterocycles. The number of aromatic nitrogens is 4. The Morgan fingerprint density at radius 3 is 2.20 bits per heavy atom. The van der Waals surface area contributed by atoms with Crippen LogP contribution in [0.2, 0.25) is 5.02 Å². The van der Waals surface area contributed by atoms with Crippen molar-refractivity contribution in [1.82, 2.24) is 34.0 Å². The zero-order valence-electron chi connectivity index (χ0n) is 43.1. The van der Waals surface area contributed by atoms with Gasteiger partial charge in [-0.05, 0) is 144 Å². The normalized spacial score (nSPS) is 18.3. The van der Waals surface area contributed by atoms with Gasteiger partial charge in [-0.3, -0.25) is 24.0 Å². The highest BCUT2D eigenvalue weighted by Gasteiger charge is 2.41. The minimum absolute atomic E-state index is 0.0507. The number of likely N-dealkylation sites (tertiary alicyclic amines) is 3. The number of thiophene rings is 1. The second-order valence-corrected chi connectivity index (χ2v) is 25.9. The number of hydrogen-bond donors (Lipinski definition) is 2. The number of halogens is 4. The minimum Gasteiger partial charge on any atom is -0.382 e. The number of hydrogen-bond acceptors (Lipinski definition) is 10. The van der Waals surface area contributed by atoms with Crippen molar-refractivity contribution in [3.8, 4) is 16.8 Å². The van der Waals surface area contributed by atoms with Gasteiger partial charge in [0.15, 0.2) is 5.82 Å². The number of carbonyl (C=O) groups excluding carboxylic acids is 2. The van der Waals surface area contributed by atoms with Crippen LogP contribution in [0, 0.1) is 38.0 Å². The van der Waals surface area contributed by atoms with Crippen molar-refractivity contribution in [3.63, 3.8) is 0 Å². The summed E-state index contributed by atoms with van der Waals surface area (Å²) in [5.74, 6) is 7.57. The lowest BCUT2D eigenvalue weighted by Gasteiger charge is -2.47. The molecule has 3 aromatic heterocycles. The van der Waals surface area contributed by atoms with Gasteiger partial charge in [0.25, 0.3) is 0 Å².